The zero-order chi connectivity index (χ0) is 15.4. The molecule has 7 nitrogen and oxygen atoms in total. The second-order valence-corrected chi connectivity index (χ2v) is 4.88. The first-order chi connectivity index (χ1) is 9.95. The lowest BCUT2D eigenvalue weighted by Gasteiger charge is -2.07. The van der Waals surface area contributed by atoms with E-state index in [4.69, 9.17) is 23.2 Å². The van der Waals surface area contributed by atoms with Crippen molar-refractivity contribution in [2.75, 3.05) is 10.6 Å². The molecule has 0 unspecified atom stereocenters. The number of halogens is 2. The van der Waals surface area contributed by atoms with Gasteiger partial charge in [0, 0.05) is 6.92 Å². The molecule has 2 N–H and O–H groups in total. The lowest BCUT2D eigenvalue weighted by atomic mass is 10.3. The van der Waals surface area contributed by atoms with Crippen molar-refractivity contribution in [2.45, 2.75) is 13.5 Å². The van der Waals surface area contributed by atoms with Crippen molar-refractivity contribution in [3.05, 3.63) is 34.4 Å². The Kier molecular flexibility index (Phi) is 4.77. The highest BCUT2D eigenvalue weighted by Gasteiger charge is 2.10. The van der Waals surface area contributed by atoms with E-state index in [0.717, 1.165) is 4.80 Å². The Morgan fingerprint density at radius 3 is 2.76 bits per heavy atom. The van der Waals surface area contributed by atoms with Crippen molar-refractivity contribution in [3.8, 4) is 0 Å². The molecule has 0 aliphatic carbocycles. The van der Waals surface area contributed by atoms with Crippen molar-refractivity contribution in [1.29, 1.82) is 0 Å². The number of nitrogens with one attached hydrogen (secondary N) is 2. The molecule has 0 atom stereocenters. The molecule has 0 radical (unpaired) electrons. The summed E-state index contributed by atoms with van der Waals surface area (Å²) in [5.74, 6) is -0.363. The molecule has 2 amide bonds. The molecule has 9 heteroatoms. The number of benzene rings is 1. The summed E-state index contributed by atoms with van der Waals surface area (Å²) >= 11 is 11.8. The maximum Gasteiger partial charge on any atom is 0.248 e. The average molecular weight is 328 g/mol. The molecule has 0 aliphatic heterocycles. The second-order valence-electron chi connectivity index (χ2n) is 4.09. The van der Waals surface area contributed by atoms with E-state index in [-0.39, 0.29) is 29.2 Å². The van der Waals surface area contributed by atoms with Gasteiger partial charge in [0.1, 0.15) is 6.54 Å². The minimum Gasteiger partial charge on any atom is -0.323 e. The Morgan fingerprint density at radius 2 is 2.05 bits per heavy atom. The number of nitrogens with zero attached hydrogens (tertiary/aromatic N) is 3. The first-order valence-electron chi connectivity index (χ1n) is 5.87. The normalized spacial score (nSPS) is 10.2. The largest absolute Gasteiger partial charge is 0.323 e. The fourth-order valence-electron chi connectivity index (χ4n) is 1.53. The third-order valence-electron chi connectivity index (χ3n) is 2.35. The van der Waals surface area contributed by atoms with Crippen LogP contribution in [0.1, 0.15) is 6.92 Å². The van der Waals surface area contributed by atoms with E-state index in [1.54, 1.807) is 18.2 Å². The molecule has 0 saturated heterocycles. The Bertz CT molecular complexity index is 686. The monoisotopic (exact) mass is 327 g/mol. The second kappa shape index (κ2) is 6.55. The van der Waals surface area contributed by atoms with Gasteiger partial charge in [-0.1, -0.05) is 29.3 Å². The molecule has 0 aliphatic rings. The van der Waals surface area contributed by atoms with Crippen LogP contribution in [0.15, 0.2) is 24.4 Å². The standard InChI is InChI=1S/C12H11Cl2N5O2/c1-7(20)16-10-5-15-19(18-10)6-11(21)17-9-4-2-3-8(13)12(9)14/h2-5H,6H2,1H3,(H,17,21)(H,16,18,20). The highest BCUT2D eigenvalue weighted by Crippen LogP contribution is 2.29. The number of hydrogen-bond donors (Lipinski definition) is 2. The van der Waals surface area contributed by atoms with Crippen molar-refractivity contribution >= 4 is 46.5 Å². The van der Waals surface area contributed by atoms with Crippen LogP contribution in [0.25, 0.3) is 0 Å². The Morgan fingerprint density at radius 1 is 1.29 bits per heavy atom. The molecule has 1 aromatic heterocycles. The van der Waals surface area contributed by atoms with E-state index in [1.807, 2.05) is 0 Å². The van der Waals surface area contributed by atoms with Gasteiger partial charge in [-0.05, 0) is 12.1 Å². The summed E-state index contributed by atoms with van der Waals surface area (Å²) in [4.78, 5) is 23.9. The predicted molar refractivity (Wildman–Crippen MR) is 79.4 cm³/mol. The summed E-state index contributed by atoms with van der Waals surface area (Å²) in [6.07, 6.45) is 1.35. The van der Waals surface area contributed by atoms with Crippen LogP contribution in [0.2, 0.25) is 10.0 Å². The molecule has 1 heterocycles. The number of aromatic nitrogens is 3. The van der Waals surface area contributed by atoms with Gasteiger partial charge in [0.25, 0.3) is 0 Å². The molecule has 110 valence electrons. The first kappa shape index (κ1) is 15.3. The molecule has 2 rings (SSSR count). The van der Waals surface area contributed by atoms with E-state index < -0.39 is 0 Å². The van der Waals surface area contributed by atoms with Gasteiger partial charge in [-0.15, -0.1) is 5.10 Å². The van der Waals surface area contributed by atoms with Gasteiger partial charge < -0.3 is 10.6 Å². The van der Waals surface area contributed by atoms with Crippen LogP contribution in [0.5, 0.6) is 0 Å². The van der Waals surface area contributed by atoms with E-state index in [0.29, 0.717) is 10.7 Å². The average Bonchev–Trinajstić information content (AvgIpc) is 2.81. The predicted octanol–water partition coefficient (Wildman–Crippen LogP) is 2.18. The number of carbonyl (C=O) groups excluding carboxylic acids is 2. The molecule has 21 heavy (non-hydrogen) atoms. The lowest BCUT2D eigenvalue weighted by Crippen LogP contribution is -2.20. The fourth-order valence-corrected chi connectivity index (χ4v) is 1.88. The van der Waals surface area contributed by atoms with Gasteiger partial charge >= 0.3 is 0 Å². The topological polar surface area (TPSA) is 88.9 Å². The van der Waals surface area contributed by atoms with Crippen LogP contribution in [0.4, 0.5) is 11.5 Å². The summed E-state index contributed by atoms with van der Waals surface area (Å²) in [6.45, 7) is 1.23. The number of amides is 2. The quantitative estimate of drug-likeness (QED) is 0.900. The van der Waals surface area contributed by atoms with E-state index >= 15 is 0 Å². The molecular weight excluding hydrogens is 317 g/mol. The van der Waals surface area contributed by atoms with Gasteiger partial charge in [0.2, 0.25) is 11.8 Å². The minimum absolute atomic E-state index is 0.123. The summed E-state index contributed by atoms with van der Waals surface area (Å²) in [5, 5.41) is 13.5. The molecular formula is C12H11Cl2N5O2. The molecule has 0 fully saturated rings. The number of rotatable bonds is 4. The zero-order valence-corrected chi connectivity index (χ0v) is 12.4. The van der Waals surface area contributed by atoms with Crippen LogP contribution in [-0.2, 0) is 16.1 Å². The zero-order valence-electron chi connectivity index (χ0n) is 10.9. The number of anilines is 2. The third-order valence-corrected chi connectivity index (χ3v) is 3.17. The summed E-state index contributed by atoms with van der Waals surface area (Å²) in [6, 6.07) is 4.92. The molecule has 2 aromatic rings. The van der Waals surface area contributed by atoms with Gasteiger partial charge in [-0.3, -0.25) is 9.59 Å². The van der Waals surface area contributed by atoms with E-state index in [9.17, 15) is 9.59 Å². The molecule has 0 saturated carbocycles. The van der Waals surface area contributed by atoms with Crippen LogP contribution in [0, 0.1) is 0 Å². The number of carbonyl (C=O) groups is 2. The van der Waals surface area contributed by atoms with Crippen molar-refractivity contribution in [1.82, 2.24) is 15.0 Å². The van der Waals surface area contributed by atoms with Gasteiger partial charge in [-0.2, -0.15) is 9.90 Å². The van der Waals surface area contributed by atoms with Gasteiger partial charge in [-0.25, -0.2) is 0 Å². The van der Waals surface area contributed by atoms with E-state index in [2.05, 4.69) is 20.8 Å². The smallest absolute Gasteiger partial charge is 0.248 e. The molecule has 0 spiro atoms. The van der Waals surface area contributed by atoms with Crippen LogP contribution in [0.3, 0.4) is 0 Å². The first-order valence-corrected chi connectivity index (χ1v) is 6.63. The Labute approximate surface area is 130 Å². The maximum atomic E-state index is 11.9. The number of hydrogen-bond acceptors (Lipinski definition) is 4. The minimum atomic E-state index is -0.371. The Hall–Kier alpha value is -2.12. The van der Waals surface area contributed by atoms with Gasteiger partial charge in [0.05, 0.1) is 21.9 Å². The third kappa shape index (κ3) is 4.17. The van der Waals surface area contributed by atoms with E-state index in [1.165, 1.54) is 13.1 Å². The Balaban J connectivity index is 2.00. The van der Waals surface area contributed by atoms with Crippen LogP contribution in [-0.4, -0.2) is 26.8 Å². The maximum absolute atomic E-state index is 11.9. The summed E-state index contributed by atoms with van der Waals surface area (Å²) in [5.41, 5.74) is 0.406. The van der Waals surface area contributed by atoms with Crippen molar-refractivity contribution in [3.63, 3.8) is 0 Å². The van der Waals surface area contributed by atoms with Gasteiger partial charge in [0.15, 0.2) is 5.82 Å². The highest BCUT2D eigenvalue weighted by molar-refractivity contribution is 6.43. The van der Waals surface area contributed by atoms with Crippen molar-refractivity contribution in [2.24, 2.45) is 0 Å². The van der Waals surface area contributed by atoms with Crippen LogP contribution >= 0.6 is 23.2 Å². The SMILES string of the molecule is CC(=O)Nc1cnn(CC(=O)Nc2cccc(Cl)c2Cl)n1. The molecule has 1 aromatic carbocycles. The summed E-state index contributed by atoms with van der Waals surface area (Å²) < 4.78 is 0. The summed E-state index contributed by atoms with van der Waals surface area (Å²) in [7, 11) is 0. The molecule has 0 bridgehead atoms. The lowest BCUT2D eigenvalue weighted by molar-refractivity contribution is -0.117. The highest BCUT2D eigenvalue weighted by atomic mass is 35.5. The van der Waals surface area contributed by atoms with Crippen molar-refractivity contribution < 1.29 is 9.59 Å². The fraction of sp³-hybridized carbons (Fsp3) is 0.167. The van der Waals surface area contributed by atoms with Crippen LogP contribution < -0.4 is 10.6 Å².